The molecule has 2 aliphatic heterocycles. The Morgan fingerprint density at radius 2 is 2.00 bits per heavy atom. The van der Waals surface area contributed by atoms with Crippen LogP contribution in [-0.2, 0) is 21.9 Å². The van der Waals surface area contributed by atoms with E-state index in [1.807, 2.05) is 25.8 Å². The Hall–Kier alpha value is -2.68. The van der Waals surface area contributed by atoms with Gasteiger partial charge in [-0.2, -0.15) is 13.5 Å². The second-order valence-corrected chi connectivity index (χ2v) is 8.90. The number of likely N-dealkylation sites (tertiary alicyclic amines) is 1. The normalized spacial score (nSPS) is 20.6. The van der Waals surface area contributed by atoms with Crippen LogP contribution in [0.15, 0.2) is 33.6 Å². The summed E-state index contributed by atoms with van der Waals surface area (Å²) in [6.45, 7) is 4.90. The van der Waals surface area contributed by atoms with E-state index in [1.54, 1.807) is 28.9 Å². The van der Waals surface area contributed by atoms with Gasteiger partial charge in [-0.25, -0.2) is 0 Å². The van der Waals surface area contributed by atoms with Crippen LogP contribution in [0.4, 0.5) is 5.69 Å². The number of carbonyl (C=O) groups excluding carboxylic acids is 1. The predicted octanol–water partition coefficient (Wildman–Crippen LogP) is 1.84. The van der Waals surface area contributed by atoms with E-state index >= 15 is 0 Å². The lowest BCUT2D eigenvalue weighted by Crippen LogP contribution is -2.43. The summed E-state index contributed by atoms with van der Waals surface area (Å²) in [5, 5.41) is 7.34. The summed E-state index contributed by atoms with van der Waals surface area (Å²) in [6, 6.07) is 6.84. The first-order valence-electron chi connectivity index (χ1n) is 9.28. The number of benzene rings is 1. The third kappa shape index (κ3) is 3.09. The number of aromatic nitrogens is 2. The lowest BCUT2D eigenvalue weighted by atomic mass is 9.96. The molecule has 28 heavy (non-hydrogen) atoms. The van der Waals surface area contributed by atoms with Gasteiger partial charge in [-0.1, -0.05) is 12.1 Å². The molecule has 3 heterocycles. The first-order valence-corrected chi connectivity index (χ1v) is 10.7. The number of carbonyl (C=O) groups is 1. The number of nitrogens with zero attached hydrogens (tertiary/aromatic N) is 4. The summed E-state index contributed by atoms with van der Waals surface area (Å²) in [7, 11) is -1.82. The highest BCUT2D eigenvalue weighted by molar-refractivity contribution is 7.90. The molecule has 0 spiro atoms. The van der Waals surface area contributed by atoms with Gasteiger partial charge in [0, 0.05) is 25.7 Å². The van der Waals surface area contributed by atoms with E-state index in [0.717, 1.165) is 29.9 Å². The number of sulfonamides is 1. The molecule has 9 heteroatoms. The summed E-state index contributed by atoms with van der Waals surface area (Å²) >= 11 is 0. The lowest BCUT2D eigenvalue weighted by molar-refractivity contribution is -0.121. The molecule has 0 unspecified atom stereocenters. The topological polar surface area (TPSA) is 96.7 Å². The lowest BCUT2D eigenvalue weighted by Gasteiger charge is -2.33. The third-order valence-corrected chi connectivity index (χ3v) is 6.79. The second-order valence-electron chi connectivity index (χ2n) is 7.33. The van der Waals surface area contributed by atoms with Crippen LogP contribution in [0, 0.1) is 19.8 Å². The fourth-order valence-corrected chi connectivity index (χ4v) is 5.11. The van der Waals surface area contributed by atoms with Gasteiger partial charge in [0.05, 0.1) is 23.0 Å². The van der Waals surface area contributed by atoms with E-state index in [2.05, 4.69) is 14.8 Å². The third-order valence-electron chi connectivity index (χ3n) is 5.46. The van der Waals surface area contributed by atoms with Gasteiger partial charge < -0.3 is 10.2 Å². The monoisotopic (exact) mass is 401 g/mol. The molecular weight excluding hydrogens is 378 g/mol. The number of amidine groups is 1. The van der Waals surface area contributed by atoms with Crippen LogP contribution >= 0.6 is 0 Å². The van der Waals surface area contributed by atoms with E-state index in [-0.39, 0.29) is 16.7 Å². The zero-order chi connectivity index (χ0) is 20.1. The van der Waals surface area contributed by atoms with Crippen molar-refractivity contribution in [2.24, 2.45) is 17.4 Å². The zero-order valence-corrected chi connectivity index (χ0v) is 17.0. The molecule has 0 saturated carbocycles. The van der Waals surface area contributed by atoms with Crippen molar-refractivity contribution in [3.63, 3.8) is 0 Å². The Bertz CT molecular complexity index is 1090. The number of hydrogen-bond acceptors (Lipinski definition) is 5. The molecule has 4 rings (SSSR count). The smallest absolute Gasteiger partial charge is 0.285 e. The minimum absolute atomic E-state index is 0.0707. The van der Waals surface area contributed by atoms with Crippen LogP contribution in [0.3, 0.4) is 0 Å². The van der Waals surface area contributed by atoms with Crippen LogP contribution in [0.5, 0.6) is 0 Å². The van der Waals surface area contributed by atoms with Crippen LogP contribution in [0.25, 0.3) is 0 Å². The number of amides is 1. The summed E-state index contributed by atoms with van der Waals surface area (Å²) in [5.41, 5.74) is 3.04. The highest BCUT2D eigenvalue weighted by atomic mass is 32.2. The van der Waals surface area contributed by atoms with Crippen LogP contribution in [0.1, 0.15) is 29.8 Å². The number of rotatable bonds is 2. The Labute approximate surface area is 164 Å². The minimum Gasteiger partial charge on any atom is -0.355 e. The van der Waals surface area contributed by atoms with Gasteiger partial charge in [0.2, 0.25) is 5.91 Å². The largest absolute Gasteiger partial charge is 0.355 e. The highest BCUT2D eigenvalue weighted by Gasteiger charge is 2.35. The number of nitrogens with one attached hydrogen (secondary N) is 1. The molecule has 2 aromatic rings. The van der Waals surface area contributed by atoms with E-state index in [9.17, 15) is 13.2 Å². The Balaban J connectivity index is 1.55. The molecule has 1 amide bonds. The molecule has 0 aliphatic carbocycles. The summed E-state index contributed by atoms with van der Waals surface area (Å²) in [5.74, 6) is 0.131. The Morgan fingerprint density at radius 3 is 2.71 bits per heavy atom. The number of piperidine rings is 1. The number of hydrogen-bond donors (Lipinski definition) is 1. The second kappa shape index (κ2) is 6.73. The van der Waals surface area contributed by atoms with Crippen LogP contribution in [0.2, 0.25) is 0 Å². The summed E-state index contributed by atoms with van der Waals surface area (Å²) < 4.78 is 30.4. The maximum atomic E-state index is 12.9. The molecule has 1 saturated heterocycles. The number of fused-ring (bicyclic) bond motifs is 1. The van der Waals surface area contributed by atoms with Crippen molar-refractivity contribution in [2.45, 2.75) is 31.6 Å². The average Bonchev–Trinajstić information content (AvgIpc) is 3.09. The molecule has 1 N–H and O–H groups in total. The molecular formula is C19H23N5O3S. The fourth-order valence-electron chi connectivity index (χ4n) is 3.88. The van der Waals surface area contributed by atoms with E-state index < -0.39 is 10.0 Å². The van der Waals surface area contributed by atoms with Gasteiger partial charge >= 0.3 is 0 Å². The van der Waals surface area contributed by atoms with Crippen molar-refractivity contribution in [1.82, 2.24) is 14.7 Å². The van der Waals surface area contributed by atoms with Gasteiger partial charge in [-0.3, -0.25) is 9.48 Å². The summed E-state index contributed by atoms with van der Waals surface area (Å²) in [6.07, 6.45) is 1.55. The quantitative estimate of drug-likeness (QED) is 0.828. The molecule has 1 aromatic carbocycles. The van der Waals surface area contributed by atoms with Crippen molar-refractivity contribution in [2.75, 3.05) is 18.4 Å². The number of aryl methyl sites for hydroxylation is 2. The molecule has 1 fully saturated rings. The first kappa shape index (κ1) is 18.7. The van der Waals surface area contributed by atoms with Crippen LogP contribution in [-0.4, -0.2) is 47.9 Å². The van der Waals surface area contributed by atoms with E-state index in [0.29, 0.717) is 24.5 Å². The molecule has 1 aromatic heterocycles. The van der Waals surface area contributed by atoms with Gasteiger partial charge in [0.1, 0.15) is 4.90 Å². The molecule has 148 valence electrons. The maximum Gasteiger partial charge on any atom is 0.285 e. The molecule has 2 aliphatic rings. The van der Waals surface area contributed by atoms with E-state index in [1.165, 1.54) is 0 Å². The summed E-state index contributed by atoms with van der Waals surface area (Å²) in [4.78, 5) is 15.0. The fraction of sp³-hybridized carbons (Fsp3) is 0.421. The van der Waals surface area contributed by atoms with Gasteiger partial charge in [0.25, 0.3) is 10.0 Å². The molecule has 8 nitrogen and oxygen atoms in total. The zero-order valence-electron chi connectivity index (χ0n) is 16.1. The van der Waals surface area contributed by atoms with Gasteiger partial charge in [-0.05, 0) is 38.8 Å². The average molecular weight is 401 g/mol. The van der Waals surface area contributed by atoms with Gasteiger partial charge in [-0.15, -0.1) is 4.40 Å². The van der Waals surface area contributed by atoms with Crippen molar-refractivity contribution in [3.05, 3.63) is 41.2 Å². The Kier molecular flexibility index (Phi) is 4.49. The maximum absolute atomic E-state index is 12.9. The molecule has 0 radical (unpaired) electrons. The molecule has 0 bridgehead atoms. The minimum atomic E-state index is -3.66. The van der Waals surface area contributed by atoms with E-state index in [4.69, 9.17) is 0 Å². The Morgan fingerprint density at radius 1 is 1.25 bits per heavy atom. The van der Waals surface area contributed by atoms with Gasteiger partial charge in [0.15, 0.2) is 5.84 Å². The molecule has 1 atom stereocenters. The SMILES string of the molecule is Cc1nn(C)c(C)c1NC(=O)[C@H]1CCCN(C2=NS(=O)(=O)c3ccccc32)C1. The number of anilines is 1. The predicted molar refractivity (Wildman–Crippen MR) is 106 cm³/mol. The van der Waals surface area contributed by atoms with Crippen molar-refractivity contribution >= 4 is 27.5 Å². The van der Waals surface area contributed by atoms with Crippen molar-refractivity contribution in [1.29, 1.82) is 0 Å². The van der Waals surface area contributed by atoms with Crippen molar-refractivity contribution < 1.29 is 13.2 Å². The standard InChI is InChI=1S/C19H23N5O3S/c1-12-17(13(2)23(3)21-12)20-19(25)14-7-6-10-24(11-14)18-15-8-4-5-9-16(15)28(26,27)22-18/h4-5,8-9,14H,6-7,10-11H2,1-3H3,(H,20,25)/t14-/m0/s1. The van der Waals surface area contributed by atoms with Crippen molar-refractivity contribution in [3.8, 4) is 0 Å². The van der Waals surface area contributed by atoms with Crippen LogP contribution < -0.4 is 5.32 Å². The highest BCUT2D eigenvalue weighted by Crippen LogP contribution is 2.30. The first-order chi connectivity index (χ1) is 13.3.